The van der Waals surface area contributed by atoms with E-state index in [-0.39, 0.29) is 5.75 Å². The summed E-state index contributed by atoms with van der Waals surface area (Å²) < 4.78 is 0. The zero-order chi connectivity index (χ0) is 23.7. The maximum Gasteiger partial charge on any atom is 0.336 e. The molecule has 174 valence electrons. The van der Waals surface area contributed by atoms with Crippen LogP contribution in [0.15, 0.2) is 0 Å². The third-order valence-corrected chi connectivity index (χ3v) is 5.38. The number of aliphatic hydroxyl groups is 1. The summed E-state index contributed by atoms with van der Waals surface area (Å²) in [4.78, 5) is 72.5. The maximum absolute atomic E-state index is 12.5. The van der Waals surface area contributed by atoms with E-state index in [0.29, 0.717) is 11.8 Å². The topological polar surface area (TPSA) is 229 Å². The third-order valence-electron chi connectivity index (χ3n) is 4.20. The Hall–Kier alpha value is -2.91. The molecule has 3 unspecified atom stereocenters. The summed E-state index contributed by atoms with van der Waals surface area (Å²) in [6.45, 7) is 0.505. The van der Waals surface area contributed by atoms with E-state index in [0.717, 1.165) is 0 Å². The minimum absolute atomic E-state index is 0.136. The minimum atomic E-state index is -1.51. The second-order valence-electron chi connectivity index (χ2n) is 6.61. The molecule has 0 spiro atoms. The Balaban J connectivity index is 3.25. The summed E-state index contributed by atoms with van der Waals surface area (Å²) in [5.74, 6) is -5.93. The third kappa shape index (κ3) is 8.03. The Morgan fingerprint density at radius 1 is 1.03 bits per heavy atom. The number of likely N-dealkylation sites (N-methyl/N-ethyl adjacent to an activating group) is 1. The summed E-state index contributed by atoms with van der Waals surface area (Å²) in [7, 11) is 1.43. The Labute approximate surface area is 181 Å². The Bertz CT molecular complexity index is 735. The lowest BCUT2D eigenvalue weighted by Gasteiger charge is -2.22. The van der Waals surface area contributed by atoms with E-state index in [1.807, 2.05) is 0 Å². The van der Waals surface area contributed by atoms with Crippen molar-refractivity contribution in [1.29, 1.82) is 0 Å². The zero-order valence-electron chi connectivity index (χ0n) is 16.8. The molecule has 0 aromatic rings. The highest BCUT2D eigenvalue weighted by Crippen LogP contribution is 2.12. The summed E-state index contributed by atoms with van der Waals surface area (Å²) in [5, 5.41) is 29.0. The first-order valence-corrected chi connectivity index (χ1v) is 10.2. The molecule has 1 aliphatic rings. The van der Waals surface area contributed by atoms with E-state index in [4.69, 9.17) is 5.73 Å². The van der Waals surface area contributed by atoms with Crippen molar-refractivity contribution < 1.29 is 39.0 Å². The molecule has 0 aromatic heterocycles. The standard InChI is InChI=1S/C16H26N6O8S/c1-6-11(25)20-7(3-10(17)24)12(26)22-15(16(29)30)31-5-9(18-2)14(28)21-8(4-23)13(27)19-6/h6-9,15,18,23H,3-5H2,1-2H3,(H2,17,24)(H,19,27)(H,20,25)(H,21,28)(H,22,26)(H,29,30)/t6?,7-,8?,9-,15?/m0/s1. The zero-order valence-corrected chi connectivity index (χ0v) is 17.7. The summed E-state index contributed by atoms with van der Waals surface area (Å²) >= 11 is 0.687. The minimum Gasteiger partial charge on any atom is -0.479 e. The maximum atomic E-state index is 12.5. The van der Waals surface area contributed by atoms with Crippen molar-refractivity contribution in [3.63, 3.8) is 0 Å². The Morgan fingerprint density at radius 2 is 1.61 bits per heavy atom. The molecule has 0 bridgehead atoms. The van der Waals surface area contributed by atoms with Crippen LogP contribution in [-0.4, -0.2) is 94.7 Å². The van der Waals surface area contributed by atoms with Gasteiger partial charge in [-0.2, -0.15) is 0 Å². The quantitative estimate of drug-likeness (QED) is 0.194. The van der Waals surface area contributed by atoms with Crippen LogP contribution in [0.1, 0.15) is 13.3 Å². The van der Waals surface area contributed by atoms with Crippen molar-refractivity contribution in [3.05, 3.63) is 0 Å². The van der Waals surface area contributed by atoms with E-state index in [1.54, 1.807) is 0 Å². The molecule has 0 saturated carbocycles. The number of primary amides is 1. The fourth-order valence-electron chi connectivity index (χ4n) is 2.44. The van der Waals surface area contributed by atoms with Gasteiger partial charge in [-0.3, -0.25) is 24.0 Å². The van der Waals surface area contributed by atoms with Gasteiger partial charge in [-0.05, 0) is 14.0 Å². The van der Waals surface area contributed by atoms with Gasteiger partial charge in [-0.25, -0.2) is 4.79 Å². The highest BCUT2D eigenvalue weighted by Gasteiger charge is 2.33. The van der Waals surface area contributed by atoms with E-state index in [9.17, 15) is 39.0 Å². The van der Waals surface area contributed by atoms with Gasteiger partial charge in [0.25, 0.3) is 0 Å². The van der Waals surface area contributed by atoms with Crippen molar-refractivity contribution in [2.45, 2.75) is 42.9 Å². The predicted octanol–water partition coefficient (Wildman–Crippen LogP) is -4.81. The van der Waals surface area contributed by atoms with Gasteiger partial charge in [0.15, 0.2) is 5.37 Å². The van der Waals surface area contributed by atoms with E-state index >= 15 is 0 Å². The van der Waals surface area contributed by atoms with Gasteiger partial charge in [0.05, 0.1) is 19.1 Å². The van der Waals surface area contributed by atoms with Crippen molar-refractivity contribution in [1.82, 2.24) is 26.6 Å². The second-order valence-corrected chi connectivity index (χ2v) is 7.75. The highest BCUT2D eigenvalue weighted by atomic mass is 32.2. The number of carbonyl (C=O) groups excluding carboxylic acids is 5. The fraction of sp³-hybridized carbons (Fsp3) is 0.625. The fourth-order valence-corrected chi connectivity index (χ4v) is 3.49. The van der Waals surface area contributed by atoms with Crippen molar-refractivity contribution in [2.24, 2.45) is 5.73 Å². The van der Waals surface area contributed by atoms with Crippen LogP contribution in [0.3, 0.4) is 0 Å². The molecule has 0 radical (unpaired) electrons. The molecular weight excluding hydrogens is 436 g/mol. The van der Waals surface area contributed by atoms with Gasteiger partial charge in [0.1, 0.15) is 18.1 Å². The van der Waals surface area contributed by atoms with Crippen LogP contribution in [0.4, 0.5) is 0 Å². The number of amides is 5. The number of nitrogens with one attached hydrogen (secondary N) is 5. The average Bonchev–Trinajstić information content (AvgIpc) is 2.69. The number of thioether (sulfide) groups is 1. The van der Waals surface area contributed by atoms with Crippen molar-refractivity contribution >= 4 is 47.3 Å². The van der Waals surface area contributed by atoms with Gasteiger partial charge >= 0.3 is 5.97 Å². The number of rotatable bonds is 5. The number of hydrogen-bond donors (Lipinski definition) is 8. The van der Waals surface area contributed by atoms with Crippen LogP contribution < -0.4 is 32.3 Å². The summed E-state index contributed by atoms with van der Waals surface area (Å²) in [5.41, 5.74) is 5.11. The number of carboxylic acids is 1. The van der Waals surface area contributed by atoms with Crippen molar-refractivity contribution in [3.8, 4) is 0 Å². The first kappa shape index (κ1) is 26.1. The molecule has 1 saturated heterocycles. The smallest absolute Gasteiger partial charge is 0.336 e. The molecular formula is C16H26N6O8S. The Morgan fingerprint density at radius 3 is 2.13 bits per heavy atom. The number of hydrogen-bond acceptors (Lipinski definition) is 9. The highest BCUT2D eigenvalue weighted by molar-refractivity contribution is 8.00. The van der Waals surface area contributed by atoms with Gasteiger partial charge in [-0.15, -0.1) is 11.8 Å². The predicted molar refractivity (Wildman–Crippen MR) is 107 cm³/mol. The lowest BCUT2D eigenvalue weighted by atomic mass is 10.1. The number of nitrogens with two attached hydrogens (primary N) is 1. The number of carbonyl (C=O) groups is 6. The molecule has 15 heteroatoms. The molecule has 31 heavy (non-hydrogen) atoms. The lowest BCUT2D eigenvalue weighted by molar-refractivity contribution is -0.140. The lowest BCUT2D eigenvalue weighted by Crippen LogP contribution is -2.58. The first-order valence-electron chi connectivity index (χ1n) is 9.12. The van der Waals surface area contributed by atoms with Gasteiger partial charge in [-0.1, -0.05) is 0 Å². The van der Waals surface area contributed by atoms with Crippen LogP contribution in [0, 0.1) is 0 Å². The molecule has 1 fully saturated rings. The molecule has 1 aliphatic heterocycles. The molecule has 0 aromatic carbocycles. The second kappa shape index (κ2) is 12.1. The molecule has 5 amide bonds. The summed E-state index contributed by atoms with van der Waals surface area (Å²) in [6, 6.07) is -5.08. The van der Waals surface area contributed by atoms with Gasteiger partial charge in [0.2, 0.25) is 29.5 Å². The van der Waals surface area contributed by atoms with E-state index in [1.165, 1.54) is 14.0 Å². The molecule has 9 N–H and O–H groups in total. The molecule has 0 aliphatic carbocycles. The largest absolute Gasteiger partial charge is 0.479 e. The molecule has 14 nitrogen and oxygen atoms in total. The molecule has 1 rings (SSSR count). The normalized spacial score (nSPS) is 28.8. The van der Waals surface area contributed by atoms with Gasteiger partial charge < -0.3 is 42.5 Å². The monoisotopic (exact) mass is 462 g/mol. The van der Waals surface area contributed by atoms with Crippen LogP contribution in [0.5, 0.6) is 0 Å². The number of carboxylic acid groups (broad SMARTS) is 1. The number of aliphatic carboxylic acids is 1. The van der Waals surface area contributed by atoms with Crippen LogP contribution in [-0.2, 0) is 28.8 Å². The summed E-state index contributed by atoms with van der Waals surface area (Å²) in [6.07, 6.45) is -0.617. The van der Waals surface area contributed by atoms with Crippen molar-refractivity contribution in [2.75, 3.05) is 19.4 Å². The molecule has 1 heterocycles. The van der Waals surface area contributed by atoms with Crippen LogP contribution >= 0.6 is 11.8 Å². The van der Waals surface area contributed by atoms with Gasteiger partial charge in [0, 0.05) is 5.75 Å². The SMILES string of the molecule is CN[C@H]1CSC(C(=O)O)NC(=O)[C@H](CC(N)=O)NC(=O)C(C)NC(=O)C(CO)NC1=O. The van der Waals surface area contributed by atoms with E-state index < -0.39 is 78.1 Å². The Kier molecular flexibility index (Phi) is 10.2. The molecule has 5 atom stereocenters. The first-order chi connectivity index (χ1) is 14.5. The number of aliphatic hydroxyl groups excluding tert-OH is 1. The van der Waals surface area contributed by atoms with E-state index in [2.05, 4.69) is 26.6 Å². The van der Waals surface area contributed by atoms with Crippen LogP contribution in [0.2, 0.25) is 0 Å². The average molecular weight is 462 g/mol. The van der Waals surface area contributed by atoms with Crippen LogP contribution in [0.25, 0.3) is 0 Å².